The van der Waals surface area contributed by atoms with Gasteiger partial charge in [-0.05, 0) is 39.0 Å². The summed E-state index contributed by atoms with van der Waals surface area (Å²) in [7, 11) is 1.74. The van der Waals surface area contributed by atoms with Crippen LogP contribution in [0.2, 0.25) is 0 Å². The molecule has 1 atom stereocenters. The van der Waals surface area contributed by atoms with Gasteiger partial charge in [0.1, 0.15) is 5.78 Å². The van der Waals surface area contributed by atoms with Crippen molar-refractivity contribution >= 4 is 11.7 Å². The Morgan fingerprint density at radius 2 is 1.72 bits per heavy atom. The van der Waals surface area contributed by atoms with E-state index in [-0.39, 0.29) is 23.5 Å². The number of hydrogen-bond acceptors (Lipinski definition) is 3. The lowest BCUT2D eigenvalue weighted by atomic mass is 9.86. The van der Waals surface area contributed by atoms with Crippen molar-refractivity contribution in [2.75, 3.05) is 20.2 Å². The Morgan fingerprint density at radius 3 is 2.22 bits per heavy atom. The van der Waals surface area contributed by atoms with Crippen LogP contribution >= 0.6 is 0 Å². The van der Waals surface area contributed by atoms with E-state index in [1.807, 2.05) is 4.90 Å². The third-order valence-electron chi connectivity index (χ3n) is 4.43. The minimum Gasteiger partial charge on any atom is -0.381 e. The standard InChI is InChI=1S/C14H23NO3/c1-10(16)12-7-8-15(9-12)14(17)11-3-5-13(18-2)6-4-11/h11-13H,3-9H2,1-2H3/t11?,12-,13?/m1/s1. The molecule has 1 heterocycles. The van der Waals surface area contributed by atoms with Gasteiger partial charge in [0.2, 0.25) is 5.91 Å². The molecule has 0 aromatic rings. The van der Waals surface area contributed by atoms with Crippen LogP contribution in [0.4, 0.5) is 0 Å². The summed E-state index contributed by atoms with van der Waals surface area (Å²) in [6.45, 7) is 3.02. The Bertz CT molecular complexity index is 321. The van der Waals surface area contributed by atoms with Gasteiger partial charge in [-0.1, -0.05) is 0 Å². The van der Waals surface area contributed by atoms with Gasteiger partial charge >= 0.3 is 0 Å². The normalized spacial score (nSPS) is 32.6. The molecule has 0 N–H and O–H groups in total. The Labute approximate surface area is 109 Å². The van der Waals surface area contributed by atoms with Gasteiger partial charge in [0.25, 0.3) is 0 Å². The zero-order valence-electron chi connectivity index (χ0n) is 11.4. The highest BCUT2D eigenvalue weighted by Gasteiger charge is 2.34. The second-order valence-electron chi connectivity index (χ2n) is 5.59. The number of rotatable bonds is 3. The van der Waals surface area contributed by atoms with Crippen LogP contribution in [0, 0.1) is 11.8 Å². The molecular formula is C14H23NO3. The molecule has 18 heavy (non-hydrogen) atoms. The molecule has 1 saturated heterocycles. The van der Waals surface area contributed by atoms with E-state index in [9.17, 15) is 9.59 Å². The molecule has 2 fully saturated rings. The summed E-state index contributed by atoms with van der Waals surface area (Å²) < 4.78 is 5.32. The van der Waals surface area contributed by atoms with E-state index in [1.54, 1.807) is 14.0 Å². The van der Waals surface area contributed by atoms with E-state index >= 15 is 0 Å². The van der Waals surface area contributed by atoms with Crippen molar-refractivity contribution in [3.05, 3.63) is 0 Å². The van der Waals surface area contributed by atoms with Crippen molar-refractivity contribution < 1.29 is 14.3 Å². The molecule has 2 aliphatic rings. The highest BCUT2D eigenvalue weighted by Crippen LogP contribution is 2.29. The first-order chi connectivity index (χ1) is 8.61. The number of carbonyl (C=O) groups is 2. The maximum absolute atomic E-state index is 12.3. The Hall–Kier alpha value is -0.900. The summed E-state index contributed by atoms with van der Waals surface area (Å²) >= 11 is 0. The van der Waals surface area contributed by atoms with E-state index in [2.05, 4.69) is 0 Å². The number of methoxy groups -OCH3 is 1. The van der Waals surface area contributed by atoms with Crippen LogP contribution in [0.15, 0.2) is 0 Å². The maximum atomic E-state index is 12.3. The third kappa shape index (κ3) is 2.91. The van der Waals surface area contributed by atoms with Crippen molar-refractivity contribution in [1.82, 2.24) is 4.90 Å². The zero-order chi connectivity index (χ0) is 13.1. The second-order valence-corrected chi connectivity index (χ2v) is 5.59. The van der Waals surface area contributed by atoms with Gasteiger partial charge in [0.15, 0.2) is 0 Å². The summed E-state index contributed by atoms with van der Waals surface area (Å²) in [6.07, 6.45) is 5.00. The van der Waals surface area contributed by atoms with Gasteiger partial charge in [0, 0.05) is 32.0 Å². The number of likely N-dealkylation sites (tertiary alicyclic amines) is 1. The second kappa shape index (κ2) is 5.83. The van der Waals surface area contributed by atoms with Gasteiger partial charge < -0.3 is 9.64 Å². The van der Waals surface area contributed by atoms with Crippen molar-refractivity contribution in [2.24, 2.45) is 11.8 Å². The van der Waals surface area contributed by atoms with E-state index in [4.69, 9.17) is 4.74 Å². The fourth-order valence-corrected chi connectivity index (χ4v) is 3.10. The predicted octanol–water partition coefficient (Wildman–Crippen LogP) is 1.63. The van der Waals surface area contributed by atoms with Crippen LogP contribution in [0.5, 0.6) is 0 Å². The number of carbonyl (C=O) groups excluding carboxylic acids is 2. The van der Waals surface area contributed by atoms with Gasteiger partial charge in [0.05, 0.1) is 6.10 Å². The molecule has 0 aromatic heterocycles. The first kappa shape index (κ1) is 13.5. The zero-order valence-corrected chi connectivity index (χ0v) is 11.4. The lowest BCUT2D eigenvalue weighted by molar-refractivity contribution is -0.136. The largest absolute Gasteiger partial charge is 0.381 e. The van der Waals surface area contributed by atoms with Crippen LogP contribution in [0.25, 0.3) is 0 Å². The summed E-state index contributed by atoms with van der Waals surface area (Å²) in [5.74, 6) is 0.702. The number of ether oxygens (including phenoxy) is 1. The van der Waals surface area contributed by atoms with E-state index in [0.29, 0.717) is 12.6 Å². The molecule has 0 spiro atoms. The van der Waals surface area contributed by atoms with Gasteiger partial charge in [-0.2, -0.15) is 0 Å². The first-order valence-corrected chi connectivity index (χ1v) is 6.94. The molecule has 102 valence electrons. The number of ketones is 1. The van der Waals surface area contributed by atoms with E-state index in [0.717, 1.165) is 38.6 Å². The highest BCUT2D eigenvalue weighted by atomic mass is 16.5. The quantitative estimate of drug-likeness (QED) is 0.768. The average molecular weight is 253 g/mol. The fraction of sp³-hybridized carbons (Fsp3) is 0.857. The summed E-state index contributed by atoms with van der Waals surface area (Å²) in [5.41, 5.74) is 0. The molecule has 0 aromatic carbocycles. The lowest BCUT2D eigenvalue weighted by Gasteiger charge is -2.29. The molecule has 4 heteroatoms. The molecule has 2 rings (SSSR count). The smallest absolute Gasteiger partial charge is 0.225 e. The summed E-state index contributed by atoms with van der Waals surface area (Å²) in [4.78, 5) is 25.5. The van der Waals surface area contributed by atoms with Gasteiger partial charge in [-0.25, -0.2) is 0 Å². The molecule has 4 nitrogen and oxygen atoms in total. The average Bonchev–Trinajstić information content (AvgIpc) is 2.88. The van der Waals surface area contributed by atoms with Gasteiger partial charge in [-0.15, -0.1) is 0 Å². The monoisotopic (exact) mass is 253 g/mol. The summed E-state index contributed by atoms with van der Waals surface area (Å²) in [5, 5.41) is 0. The molecule has 0 radical (unpaired) electrons. The minimum atomic E-state index is 0.0734. The third-order valence-corrected chi connectivity index (χ3v) is 4.43. The molecule has 1 aliphatic heterocycles. The predicted molar refractivity (Wildman–Crippen MR) is 68.1 cm³/mol. The summed E-state index contributed by atoms with van der Waals surface area (Å²) in [6, 6.07) is 0. The Morgan fingerprint density at radius 1 is 1.06 bits per heavy atom. The van der Waals surface area contributed by atoms with Crippen molar-refractivity contribution in [3.8, 4) is 0 Å². The molecular weight excluding hydrogens is 230 g/mol. The van der Waals surface area contributed by atoms with Crippen molar-refractivity contribution in [1.29, 1.82) is 0 Å². The van der Waals surface area contributed by atoms with Gasteiger partial charge in [-0.3, -0.25) is 9.59 Å². The molecule has 1 saturated carbocycles. The number of Topliss-reactive ketones (excluding diaryl/α,β-unsaturated/α-hetero) is 1. The molecule has 1 aliphatic carbocycles. The molecule has 1 amide bonds. The Balaban J connectivity index is 1.84. The first-order valence-electron chi connectivity index (χ1n) is 6.94. The lowest BCUT2D eigenvalue weighted by Crippen LogP contribution is -2.37. The maximum Gasteiger partial charge on any atom is 0.225 e. The van der Waals surface area contributed by atoms with Crippen molar-refractivity contribution in [2.45, 2.75) is 45.1 Å². The van der Waals surface area contributed by atoms with Crippen molar-refractivity contribution in [3.63, 3.8) is 0 Å². The van der Waals surface area contributed by atoms with Crippen LogP contribution in [0.3, 0.4) is 0 Å². The van der Waals surface area contributed by atoms with Crippen LogP contribution in [-0.4, -0.2) is 42.9 Å². The van der Waals surface area contributed by atoms with Crippen LogP contribution in [-0.2, 0) is 14.3 Å². The molecule has 0 bridgehead atoms. The van der Waals surface area contributed by atoms with Crippen LogP contribution < -0.4 is 0 Å². The number of nitrogens with zero attached hydrogens (tertiary/aromatic N) is 1. The number of hydrogen-bond donors (Lipinski definition) is 0. The van der Waals surface area contributed by atoms with Crippen LogP contribution in [0.1, 0.15) is 39.0 Å². The molecule has 0 unspecified atom stereocenters. The van der Waals surface area contributed by atoms with E-state index in [1.165, 1.54) is 0 Å². The Kier molecular flexibility index (Phi) is 4.38. The van der Waals surface area contributed by atoms with E-state index < -0.39 is 0 Å². The number of amides is 1. The minimum absolute atomic E-state index is 0.0734. The highest BCUT2D eigenvalue weighted by molar-refractivity contribution is 5.83. The fourth-order valence-electron chi connectivity index (χ4n) is 3.10. The SMILES string of the molecule is COC1CCC(C(=O)N2CC[C@@H](C(C)=O)C2)CC1. The topological polar surface area (TPSA) is 46.6 Å².